The van der Waals surface area contributed by atoms with E-state index in [1.54, 1.807) is 30.5 Å². The van der Waals surface area contributed by atoms with Gasteiger partial charge in [-0.05, 0) is 36.4 Å². The lowest BCUT2D eigenvalue weighted by Crippen LogP contribution is -2.13. The van der Waals surface area contributed by atoms with Crippen LogP contribution in [-0.2, 0) is 4.79 Å². The summed E-state index contributed by atoms with van der Waals surface area (Å²) in [6, 6.07) is 10.7. The number of carbonyl (C=O) groups excluding carboxylic acids is 2. The predicted molar refractivity (Wildman–Crippen MR) is 98.9 cm³/mol. The first kappa shape index (κ1) is 17.8. The molecule has 27 heavy (non-hydrogen) atoms. The first-order chi connectivity index (χ1) is 12.9. The van der Waals surface area contributed by atoms with Gasteiger partial charge in [-0.3, -0.25) is 19.7 Å². The molecule has 0 saturated carbocycles. The summed E-state index contributed by atoms with van der Waals surface area (Å²) in [5, 5.41) is 16.7. The minimum atomic E-state index is -0.547. The van der Waals surface area contributed by atoms with E-state index in [4.69, 9.17) is 0 Å². The number of hydrogen-bond acceptors (Lipinski definition) is 5. The fourth-order valence-electron chi connectivity index (χ4n) is 2.47. The number of nitro groups is 1. The SMILES string of the molecule is CC(=O)Nc1ccc(NC(=O)c2ccc(-n3ccnc3)c([N+](=O)[O-])c2)cc1. The number of anilines is 2. The Hall–Kier alpha value is -4.01. The second-order valence-electron chi connectivity index (χ2n) is 5.64. The van der Waals surface area contributed by atoms with E-state index in [9.17, 15) is 19.7 Å². The van der Waals surface area contributed by atoms with Crippen LogP contribution in [0.1, 0.15) is 17.3 Å². The van der Waals surface area contributed by atoms with Crippen LogP contribution in [0.15, 0.2) is 61.2 Å². The van der Waals surface area contributed by atoms with Crippen molar-refractivity contribution in [2.24, 2.45) is 0 Å². The Morgan fingerprint density at radius 1 is 1.07 bits per heavy atom. The molecule has 0 radical (unpaired) electrons. The highest BCUT2D eigenvalue weighted by Gasteiger charge is 2.18. The summed E-state index contributed by atoms with van der Waals surface area (Å²) < 4.78 is 1.50. The van der Waals surface area contributed by atoms with Crippen LogP contribution in [0.2, 0.25) is 0 Å². The molecule has 1 aromatic heterocycles. The molecule has 0 aliphatic rings. The first-order valence-electron chi connectivity index (χ1n) is 7.90. The Kier molecular flexibility index (Phi) is 4.93. The maximum absolute atomic E-state index is 12.4. The van der Waals surface area contributed by atoms with Crippen molar-refractivity contribution in [1.82, 2.24) is 9.55 Å². The zero-order chi connectivity index (χ0) is 19.4. The highest BCUT2D eigenvalue weighted by molar-refractivity contribution is 6.05. The number of nitrogens with one attached hydrogen (secondary N) is 2. The maximum Gasteiger partial charge on any atom is 0.294 e. The van der Waals surface area contributed by atoms with E-state index in [-0.39, 0.29) is 17.2 Å². The van der Waals surface area contributed by atoms with Crippen LogP contribution in [0.4, 0.5) is 17.1 Å². The lowest BCUT2D eigenvalue weighted by Gasteiger charge is -2.09. The van der Waals surface area contributed by atoms with Gasteiger partial charge in [0.25, 0.3) is 11.6 Å². The normalized spacial score (nSPS) is 10.3. The summed E-state index contributed by atoms with van der Waals surface area (Å²) >= 11 is 0. The Balaban J connectivity index is 1.81. The van der Waals surface area contributed by atoms with Crippen molar-refractivity contribution in [3.05, 3.63) is 76.9 Å². The minimum absolute atomic E-state index is 0.150. The Morgan fingerprint density at radius 2 is 1.74 bits per heavy atom. The monoisotopic (exact) mass is 365 g/mol. The van der Waals surface area contributed by atoms with E-state index in [0.29, 0.717) is 17.1 Å². The molecule has 2 amide bonds. The van der Waals surface area contributed by atoms with E-state index in [1.165, 1.54) is 42.2 Å². The van der Waals surface area contributed by atoms with Crippen molar-refractivity contribution < 1.29 is 14.5 Å². The number of nitrogens with zero attached hydrogens (tertiary/aromatic N) is 3. The third-order valence-electron chi connectivity index (χ3n) is 3.68. The number of rotatable bonds is 5. The van der Waals surface area contributed by atoms with Crippen molar-refractivity contribution in [3.63, 3.8) is 0 Å². The van der Waals surface area contributed by atoms with Crippen LogP contribution in [0, 0.1) is 10.1 Å². The standard InChI is InChI=1S/C18H15N5O4/c1-12(24)20-14-3-5-15(6-4-14)21-18(25)13-2-7-16(17(10-13)23(26)27)22-9-8-19-11-22/h2-11H,1H3,(H,20,24)(H,21,25). The third kappa shape index (κ3) is 4.15. The second-order valence-corrected chi connectivity index (χ2v) is 5.64. The zero-order valence-corrected chi connectivity index (χ0v) is 14.2. The summed E-state index contributed by atoms with van der Waals surface area (Å²) in [5.74, 6) is -0.681. The van der Waals surface area contributed by atoms with Crippen molar-refractivity contribution in [2.75, 3.05) is 10.6 Å². The van der Waals surface area contributed by atoms with E-state index >= 15 is 0 Å². The van der Waals surface area contributed by atoms with Crippen LogP contribution in [0.25, 0.3) is 5.69 Å². The minimum Gasteiger partial charge on any atom is -0.326 e. The highest BCUT2D eigenvalue weighted by Crippen LogP contribution is 2.25. The van der Waals surface area contributed by atoms with Crippen molar-refractivity contribution >= 4 is 28.9 Å². The van der Waals surface area contributed by atoms with Gasteiger partial charge in [0.1, 0.15) is 5.69 Å². The van der Waals surface area contributed by atoms with Crippen molar-refractivity contribution in [2.45, 2.75) is 6.92 Å². The molecule has 0 aliphatic heterocycles. The average Bonchev–Trinajstić information content (AvgIpc) is 3.17. The Morgan fingerprint density at radius 3 is 2.30 bits per heavy atom. The molecule has 0 spiro atoms. The molecular formula is C18H15N5O4. The molecular weight excluding hydrogens is 350 g/mol. The fraction of sp³-hybridized carbons (Fsp3) is 0.0556. The van der Waals surface area contributed by atoms with E-state index in [0.717, 1.165) is 0 Å². The largest absolute Gasteiger partial charge is 0.326 e. The topological polar surface area (TPSA) is 119 Å². The van der Waals surface area contributed by atoms with Gasteiger partial charge in [-0.15, -0.1) is 0 Å². The van der Waals surface area contributed by atoms with Crippen LogP contribution in [0.3, 0.4) is 0 Å². The Bertz CT molecular complexity index is 997. The number of nitro benzene ring substituents is 1. The van der Waals surface area contributed by atoms with Gasteiger partial charge in [0.2, 0.25) is 5.91 Å². The number of aromatic nitrogens is 2. The molecule has 0 fully saturated rings. The molecule has 0 aliphatic carbocycles. The van der Waals surface area contributed by atoms with Gasteiger partial charge >= 0.3 is 0 Å². The molecule has 0 unspecified atom stereocenters. The number of amides is 2. The lowest BCUT2D eigenvalue weighted by molar-refractivity contribution is -0.384. The molecule has 3 rings (SSSR count). The van der Waals surface area contributed by atoms with Gasteiger partial charge in [-0.1, -0.05) is 0 Å². The van der Waals surface area contributed by atoms with Gasteiger partial charge in [-0.25, -0.2) is 4.98 Å². The third-order valence-corrected chi connectivity index (χ3v) is 3.68. The Labute approximate surface area is 153 Å². The second kappa shape index (κ2) is 7.48. The summed E-state index contributed by atoms with van der Waals surface area (Å²) in [4.78, 5) is 38.2. The average molecular weight is 365 g/mol. The van der Waals surface area contributed by atoms with Crippen LogP contribution >= 0.6 is 0 Å². The van der Waals surface area contributed by atoms with Crippen molar-refractivity contribution in [3.8, 4) is 5.69 Å². The molecule has 3 aromatic rings. The number of benzene rings is 2. The molecule has 136 valence electrons. The van der Waals surface area contributed by atoms with E-state index < -0.39 is 10.8 Å². The van der Waals surface area contributed by atoms with Crippen molar-refractivity contribution in [1.29, 1.82) is 0 Å². The first-order valence-corrected chi connectivity index (χ1v) is 7.90. The highest BCUT2D eigenvalue weighted by atomic mass is 16.6. The molecule has 0 saturated heterocycles. The van der Waals surface area contributed by atoms with Gasteiger partial charge in [-0.2, -0.15) is 0 Å². The van der Waals surface area contributed by atoms with Crippen LogP contribution in [-0.4, -0.2) is 26.3 Å². The lowest BCUT2D eigenvalue weighted by atomic mass is 10.1. The molecule has 0 bridgehead atoms. The quantitative estimate of drug-likeness (QED) is 0.532. The zero-order valence-electron chi connectivity index (χ0n) is 14.2. The fourth-order valence-corrected chi connectivity index (χ4v) is 2.47. The van der Waals surface area contributed by atoms with Gasteiger partial charge in [0.05, 0.1) is 11.3 Å². The molecule has 9 nitrogen and oxygen atoms in total. The number of hydrogen-bond donors (Lipinski definition) is 2. The van der Waals surface area contributed by atoms with Gasteiger partial charge in [0.15, 0.2) is 0 Å². The van der Waals surface area contributed by atoms with Gasteiger partial charge < -0.3 is 15.2 Å². The smallest absolute Gasteiger partial charge is 0.294 e. The summed E-state index contributed by atoms with van der Waals surface area (Å²) in [5.41, 5.74) is 1.35. The molecule has 9 heteroatoms. The maximum atomic E-state index is 12.4. The van der Waals surface area contributed by atoms with E-state index in [2.05, 4.69) is 15.6 Å². The summed E-state index contributed by atoms with van der Waals surface area (Å²) in [6.07, 6.45) is 4.53. The van der Waals surface area contributed by atoms with Crippen LogP contribution < -0.4 is 10.6 Å². The predicted octanol–water partition coefficient (Wildman–Crippen LogP) is 2.99. The van der Waals surface area contributed by atoms with Gasteiger partial charge in [0, 0.05) is 42.3 Å². The molecule has 1 heterocycles. The molecule has 0 atom stereocenters. The number of imidazole rings is 1. The summed E-state index contributed by atoms with van der Waals surface area (Å²) in [7, 11) is 0. The summed E-state index contributed by atoms with van der Waals surface area (Å²) in [6.45, 7) is 1.40. The molecule has 2 N–H and O–H groups in total. The van der Waals surface area contributed by atoms with Crippen LogP contribution in [0.5, 0.6) is 0 Å². The molecule has 2 aromatic carbocycles. The number of carbonyl (C=O) groups is 2. The van der Waals surface area contributed by atoms with E-state index in [1.807, 2.05) is 0 Å².